The molecule has 0 bridgehead atoms. The summed E-state index contributed by atoms with van der Waals surface area (Å²) in [4.78, 5) is 26.7. The number of benzene rings is 1. The zero-order valence-electron chi connectivity index (χ0n) is 13.8. The van der Waals surface area contributed by atoms with Crippen LogP contribution in [0, 0.1) is 0 Å². The van der Waals surface area contributed by atoms with Crippen molar-refractivity contribution in [1.82, 2.24) is 9.21 Å². The Balaban J connectivity index is 1.71. The van der Waals surface area contributed by atoms with Crippen molar-refractivity contribution in [2.24, 2.45) is 0 Å². The summed E-state index contributed by atoms with van der Waals surface area (Å²) in [5.74, 6) is -0.607. The van der Waals surface area contributed by atoms with Crippen LogP contribution in [0.3, 0.4) is 0 Å². The van der Waals surface area contributed by atoms with Gasteiger partial charge in [0, 0.05) is 25.6 Å². The highest BCUT2D eigenvalue weighted by atomic mass is 32.2. The van der Waals surface area contributed by atoms with E-state index < -0.39 is 15.9 Å². The summed E-state index contributed by atoms with van der Waals surface area (Å²) >= 11 is 0. The van der Waals surface area contributed by atoms with Gasteiger partial charge in [0.25, 0.3) is 15.9 Å². The average molecular weight is 350 g/mol. The molecule has 0 aliphatic carbocycles. The Labute approximate surface area is 142 Å². The summed E-state index contributed by atoms with van der Waals surface area (Å²) < 4.78 is 25.8. The topological polar surface area (TPSA) is 74.8 Å². The van der Waals surface area contributed by atoms with E-state index in [-0.39, 0.29) is 35.4 Å². The molecule has 1 atom stereocenters. The van der Waals surface area contributed by atoms with Crippen LogP contribution in [0.5, 0.6) is 0 Å². The molecule has 24 heavy (non-hydrogen) atoms. The van der Waals surface area contributed by atoms with Crippen molar-refractivity contribution in [2.75, 3.05) is 13.1 Å². The minimum Gasteiger partial charge on any atom is -0.340 e. The normalized spacial score (nSPS) is 22.5. The van der Waals surface area contributed by atoms with Crippen molar-refractivity contribution in [3.8, 4) is 0 Å². The Morgan fingerprint density at radius 1 is 1.25 bits per heavy atom. The molecule has 0 saturated carbocycles. The van der Waals surface area contributed by atoms with Crippen LogP contribution in [-0.2, 0) is 14.8 Å². The van der Waals surface area contributed by atoms with Gasteiger partial charge in [0.2, 0.25) is 5.91 Å². The van der Waals surface area contributed by atoms with E-state index in [0.717, 1.165) is 36.5 Å². The summed E-state index contributed by atoms with van der Waals surface area (Å²) in [6.45, 7) is 2.68. The number of nitrogens with zero attached hydrogens (tertiary/aromatic N) is 2. The third-order valence-electron chi connectivity index (χ3n) is 4.86. The van der Waals surface area contributed by atoms with E-state index >= 15 is 0 Å². The average Bonchev–Trinajstić information content (AvgIpc) is 2.79. The third-order valence-corrected chi connectivity index (χ3v) is 6.70. The maximum atomic E-state index is 12.5. The zero-order chi connectivity index (χ0) is 17.3. The fourth-order valence-electron chi connectivity index (χ4n) is 3.55. The second kappa shape index (κ2) is 6.55. The van der Waals surface area contributed by atoms with Gasteiger partial charge in [-0.05, 0) is 37.8 Å². The van der Waals surface area contributed by atoms with Crippen LogP contribution in [0.4, 0.5) is 0 Å². The molecule has 3 rings (SSSR count). The Morgan fingerprint density at radius 3 is 2.71 bits per heavy atom. The summed E-state index contributed by atoms with van der Waals surface area (Å²) in [5.41, 5.74) is 0.189. The fraction of sp³-hybridized carbons (Fsp3) is 0.529. The molecule has 0 unspecified atom stereocenters. The van der Waals surface area contributed by atoms with Crippen molar-refractivity contribution >= 4 is 21.8 Å². The van der Waals surface area contributed by atoms with Crippen molar-refractivity contribution in [2.45, 2.75) is 50.0 Å². The molecular weight excluding hydrogens is 328 g/mol. The highest BCUT2D eigenvalue weighted by Crippen LogP contribution is 2.30. The predicted octanol–water partition coefficient (Wildman–Crippen LogP) is 2.01. The summed E-state index contributed by atoms with van der Waals surface area (Å²) in [5, 5.41) is 0. The van der Waals surface area contributed by atoms with E-state index in [1.54, 1.807) is 12.1 Å². The molecule has 1 saturated heterocycles. The van der Waals surface area contributed by atoms with Crippen LogP contribution < -0.4 is 0 Å². The minimum absolute atomic E-state index is 0.0341. The van der Waals surface area contributed by atoms with Gasteiger partial charge in [-0.15, -0.1) is 0 Å². The molecule has 2 amide bonds. The largest absolute Gasteiger partial charge is 0.340 e. The van der Waals surface area contributed by atoms with Gasteiger partial charge in [0.05, 0.1) is 5.56 Å². The SMILES string of the molecule is CC[C@H]1CCCCN1C(=O)CCN1C(=O)c2ccccc2S1(=O)=O. The lowest BCUT2D eigenvalue weighted by molar-refractivity contribution is -0.134. The number of carbonyl (C=O) groups is 2. The molecule has 0 radical (unpaired) electrons. The van der Waals surface area contributed by atoms with Crippen LogP contribution in [0.15, 0.2) is 29.2 Å². The van der Waals surface area contributed by atoms with Crippen LogP contribution in [0.1, 0.15) is 49.4 Å². The lowest BCUT2D eigenvalue weighted by Gasteiger charge is -2.35. The highest BCUT2D eigenvalue weighted by Gasteiger charge is 2.41. The van der Waals surface area contributed by atoms with Gasteiger partial charge < -0.3 is 4.90 Å². The van der Waals surface area contributed by atoms with Crippen molar-refractivity contribution in [3.05, 3.63) is 29.8 Å². The molecule has 0 N–H and O–H groups in total. The standard InChI is InChI=1S/C17H22N2O4S/c1-2-13-7-5-6-11-18(13)16(20)10-12-19-17(21)14-8-3-4-9-15(14)24(19,22)23/h3-4,8-9,13H,2,5-7,10-12H2,1H3/t13-/m0/s1. The molecule has 7 heteroatoms. The fourth-order valence-corrected chi connectivity index (χ4v) is 5.12. The Hall–Kier alpha value is -1.89. The van der Waals surface area contributed by atoms with Gasteiger partial charge in [-0.1, -0.05) is 19.1 Å². The van der Waals surface area contributed by atoms with E-state index in [1.807, 2.05) is 4.90 Å². The Morgan fingerprint density at radius 2 is 2.00 bits per heavy atom. The molecule has 1 fully saturated rings. The second-order valence-corrected chi connectivity index (χ2v) is 8.10. The number of carbonyl (C=O) groups excluding carboxylic acids is 2. The number of piperidine rings is 1. The van der Waals surface area contributed by atoms with E-state index in [0.29, 0.717) is 0 Å². The maximum Gasteiger partial charge on any atom is 0.269 e. The van der Waals surface area contributed by atoms with Gasteiger partial charge in [0.15, 0.2) is 0 Å². The van der Waals surface area contributed by atoms with Gasteiger partial charge in [-0.2, -0.15) is 0 Å². The molecule has 130 valence electrons. The number of hydrogen-bond donors (Lipinski definition) is 0. The van der Waals surface area contributed by atoms with Gasteiger partial charge in [-0.25, -0.2) is 12.7 Å². The lowest BCUT2D eigenvalue weighted by atomic mass is 9.99. The summed E-state index contributed by atoms with van der Waals surface area (Å²) in [6, 6.07) is 6.41. The third kappa shape index (κ3) is 2.81. The number of fused-ring (bicyclic) bond motifs is 1. The molecule has 1 aromatic rings. The van der Waals surface area contributed by atoms with Crippen LogP contribution in [0.2, 0.25) is 0 Å². The molecule has 1 aromatic carbocycles. The van der Waals surface area contributed by atoms with Gasteiger partial charge in [-0.3, -0.25) is 9.59 Å². The summed E-state index contributed by atoms with van der Waals surface area (Å²) in [6.07, 6.45) is 4.04. The number of sulfonamides is 1. The Bertz CT molecular complexity index is 760. The Kier molecular flexibility index (Phi) is 4.62. The van der Waals surface area contributed by atoms with Crippen molar-refractivity contribution < 1.29 is 18.0 Å². The maximum absolute atomic E-state index is 12.5. The zero-order valence-corrected chi connectivity index (χ0v) is 14.6. The van der Waals surface area contributed by atoms with E-state index in [1.165, 1.54) is 12.1 Å². The number of rotatable bonds is 4. The van der Waals surface area contributed by atoms with Crippen LogP contribution in [-0.4, -0.2) is 48.6 Å². The van der Waals surface area contributed by atoms with E-state index in [2.05, 4.69) is 6.92 Å². The molecule has 2 aliphatic heterocycles. The van der Waals surface area contributed by atoms with Crippen LogP contribution in [0.25, 0.3) is 0 Å². The van der Waals surface area contributed by atoms with E-state index in [4.69, 9.17) is 0 Å². The monoisotopic (exact) mass is 350 g/mol. The second-order valence-electron chi connectivity index (χ2n) is 6.27. The number of amides is 2. The van der Waals surface area contributed by atoms with Gasteiger partial charge in [0.1, 0.15) is 4.90 Å². The predicted molar refractivity (Wildman–Crippen MR) is 88.9 cm³/mol. The first kappa shape index (κ1) is 17.0. The first-order valence-electron chi connectivity index (χ1n) is 8.42. The van der Waals surface area contributed by atoms with Gasteiger partial charge >= 0.3 is 0 Å². The quantitative estimate of drug-likeness (QED) is 0.832. The minimum atomic E-state index is -3.83. The molecular formula is C17H22N2O4S. The first-order chi connectivity index (χ1) is 11.5. The number of likely N-dealkylation sites (tertiary alicyclic amines) is 1. The molecule has 2 aliphatic rings. The summed E-state index contributed by atoms with van der Waals surface area (Å²) in [7, 11) is -3.83. The van der Waals surface area contributed by atoms with Crippen molar-refractivity contribution in [1.29, 1.82) is 0 Å². The molecule has 2 heterocycles. The van der Waals surface area contributed by atoms with Crippen LogP contribution >= 0.6 is 0 Å². The van der Waals surface area contributed by atoms with Crippen molar-refractivity contribution in [3.63, 3.8) is 0 Å². The molecule has 0 spiro atoms. The molecule has 6 nitrogen and oxygen atoms in total. The lowest BCUT2D eigenvalue weighted by Crippen LogP contribution is -2.44. The first-order valence-corrected chi connectivity index (χ1v) is 9.86. The highest BCUT2D eigenvalue weighted by molar-refractivity contribution is 7.90. The smallest absolute Gasteiger partial charge is 0.269 e. The number of hydrogen-bond acceptors (Lipinski definition) is 4. The van der Waals surface area contributed by atoms with E-state index in [9.17, 15) is 18.0 Å². The molecule has 0 aromatic heterocycles.